The Bertz CT molecular complexity index is 730. The standard InChI is InChI=1S/C13H10O.C6H7P/c1-2-4-9-8(3-1)7-11-10(9)5-6-12-13(11)14-12;7-6-4-2-1-3-5-6/h1-6,12-13H,7H2;1-5H,7H2. The van der Waals surface area contributed by atoms with Crippen molar-refractivity contribution >= 4 is 20.1 Å². The number of epoxide rings is 1. The van der Waals surface area contributed by atoms with Crippen molar-refractivity contribution < 1.29 is 4.74 Å². The van der Waals surface area contributed by atoms with Gasteiger partial charge in [-0.15, -0.1) is 9.24 Å². The molecule has 3 aliphatic rings. The van der Waals surface area contributed by atoms with Gasteiger partial charge in [0.15, 0.2) is 0 Å². The summed E-state index contributed by atoms with van der Waals surface area (Å²) in [6.45, 7) is 0. The van der Waals surface area contributed by atoms with E-state index >= 15 is 0 Å². The topological polar surface area (TPSA) is 12.5 Å². The monoisotopic (exact) mass is 292 g/mol. The Morgan fingerprint density at radius 1 is 0.952 bits per heavy atom. The van der Waals surface area contributed by atoms with Crippen molar-refractivity contribution in [1.29, 1.82) is 0 Å². The summed E-state index contributed by atoms with van der Waals surface area (Å²) in [5.41, 5.74) is 5.78. The second kappa shape index (κ2) is 5.26. The predicted octanol–water partition coefficient (Wildman–Crippen LogP) is 3.52. The van der Waals surface area contributed by atoms with E-state index in [4.69, 9.17) is 4.74 Å². The van der Waals surface area contributed by atoms with Gasteiger partial charge in [-0.3, -0.25) is 0 Å². The first kappa shape index (κ1) is 13.0. The molecule has 104 valence electrons. The lowest BCUT2D eigenvalue weighted by Gasteiger charge is -2.03. The predicted molar refractivity (Wildman–Crippen MR) is 90.7 cm³/mol. The fourth-order valence-electron chi connectivity index (χ4n) is 3.06. The smallest absolute Gasteiger partial charge is 0.110 e. The molecular weight excluding hydrogens is 275 g/mol. The molecular formula is C19H17OP. The molecule has 0 amide bonds. The molecule has 3 unspecified atom stereocenters. The van der Waals surface area contributed by atoms with Gasteiger partial charge in [-0.25, -0.2) is 0 Å². The normalized spacial score (nSPS) is 23.7. The Kier molecular flexibility index (Phi) is 3.25. The average Bonchev–Trinajstić information content (AvgIpc) is 3.22. The number of rotatable bonds is 0. The lowest BCUT2D eigenvalue weighted by atomic mass is 9.98. The quantitative estimate of drug-likeness (QED) is 0.534. The SMILES string of the molecule is C1=CC2OC2C2=C1c1ccccc1C2.Pc1ccccc1. The number of hydrogen-bond acceptors (Lipinski definition) is 1. The molecule has 0 saturated carbocycles. The van der Waals surface area contributed by atoms with Crippen LogP contribution in [0.3, 0.4) is 0 Å². The van der Waals surface area contributed by atoms with Gasteiger partial charge in [-0.05, 0) is 34.0 Å². The molecule has 2 heteroatoms. The molecule has 21 heavy (non-hydrogen) atoms. The maximum Gasteiger partial charge on any atom is 0.110 e. The molecule has 1 nitrogen and oxygen atoms in total. The van der Waals surface area contributed by atoms with Gasteiger partial charge >= 0.3 is 0 Å². The first-order valence-corrected chi connectivity index (χ1v) is 7.86. The van der Waals surface area contributed by atoms with Gasteiger partial charge in [-0.2, -0.15) is 0 Å². The molecule has 2 aliphatic carbocycles. The van der Waals surface area contributed by atoms with E-state index in [1.807, 2.05) is 30.3 Å². The minimum Gasteiger partial charge on any atom is -0.360 e. The van der Waals surface area contributed by atoms with E-state index in [0.717, 1.165) is 6.42 Å². The first-order valence-electron chi connectivity index (χ1n) is 7.28. The fraction of sp³-hybridized carbons (Fsp3) is 0.158. The highest BCUT2D eigenvalue weighted by molar-refractivity contribution is 7.27. The van der Waals surface area contributed by atoms with Crippen molar-refractivity contribution in [3.63, 3.8) is 0 Å². The van der Waals surface area contributed by atoms with Gasteiger partial charge in [0.05, 0.1) is 0 Å². The average molecular weight is 292 g/mol. The summed E-state index contributed by atoms with van der Waals surface area (Å²) >= 11 is 0. The van der Waals surface area contributed by atoms with Gasteiger partial charge in [0.25, 0.3) is 0 Å². The molecule has 5 rings (SSSR count). The minimum absolute atomic E-state index is 0.392. The summed E-state index contributed by atoms with van der Waals surface area (Å²) in [5, 5.41) is 1.24. The largest absolute Gasteiger partial charge is 0.360 e. The molecule has 3 atom stereocenters. The number of fused-ring (bicyclic) bond motifs is 4. The summed E-state index contributed by atoms with van der Waals surface area (Å²) in [6.07, 6.45) is 6.31. The van der Waals surface area contributed by atoms with Gasteiger partial charge in [0.2, 0.25) is 0 Å². The fourth-order valence-corrected chi connectivity index (χ4v) is 3.28. The van der Waals surface area contributed by atoms with Crippen LogP contribution in [-0.4, -0.2) is 12.2 Å². The minimum atomic E-state index is 0.392. The van der Waals surface area contributed by atoms with Crippen molar-refractivity contribution in [2.45, 2.75) is 18.6 Å². The lowest BCUT2D eigenvalue weighted by Crippen LogP contribution is -2.01. The highest BCUT2D eigenvalue weighted by atomic mass is 31.0. The van der Waals surface area contributed by atoms with E-state index in [-0.39, 0.29) is 0 Å². The Hall–Kier alpha value is -1.69. The van der Waals surface area contributed by atoms with E-state index in [1.54, 1.807) is 0 Å². The summed E-state index contributed by atoms with van der Waals surface area (Å²) in [7, 11) is 2.63. The van der Waals surface area contributed by atoms with Crippen LogP contribution in [0.25, 0.3) is 5.57 Å². The maximum atomic E-state index is 5.58. The Morgan fingerprint density at radius 3 is 2.48 bits per heavy atom. The molecule has 0 aromatic heterocycles. The third-order valence-electron chi connectivity index (χ3n) is 4.16. The van der Waals surface area contributed by atoms with E-state index in [2.05, 4.69) is 45.7 Å². The van der Waals surface area contributed by atoms with Gasteiger partial charge in [-0.1, -0.05) is 66.7 Å². The van der Waals surface area contributed by atoms with Crippen molar-refractivity contribution in [3.8, 4) is 0 Å². The Balaban J connectivity index is 0.000000141. The highest BCUT2D eigenvalue weighted by Crippen LogP contribution is 2.45. The van der Waals surface area contributed by atoms with Crippen LogP contribution in [0.5, 0.6) is 0 Å². The van der Waals surface area contributed by atoms with Crippen LogP contribution in [0.15, 0.2) is 72.3 Å². The van der Waals surface area contributed by atoms with Crippen molar-refractivity contribution in [2.75, 3.05) is 0 Å². The summed E-state index contributed by atoms with van der Waals surface area (Å²) in [6, 6.07) is 18.8. The summed E-state index contributed by atoms with van der Waals surface area (Å²) in [5.74, 6) is 0. The van der Waals surface area contributed by atoms with Crippen LogP contribution in [0.1, 0.15) is 11.1 Å². The number of benzene rings is 2. The molecule has 0 spiro atoms. The molecule has 0 radical (unpaired) electrons. The number of ether oxygens (including phenoxy) is 1. The zero-order valence-electron chi connectivity index (χ0n) is 11.7. The van der Waals surface area contributed by atoms with E-state index < -0.39 is 0 Å². The number of hydrogen-bond donors (Lipinski definition) is 0. The third kappa shape index (κ3) is 2.48. The summed E-state index contributed by atoms with van der Waals surface area (Å²) in [4.78, 5) is 0. The van der Waals surface area contributed by atoms with Crippen LogP contribution in [0.2, 0.25) is 0 Å². The van der Waals surface area contributed by atoms with Crippen LogP contribution < -0.4 is 5.30 Å². The molecule has 0 bridgehead atoms. The van der Waals surface area contributed by atoms with E-state index in [1.165, 1.54) is 27.6 Å². The number of allylic oxidation sites excluding steroid dienone is 2. The van der Waals surface area contributed by atoms with Crippen molar-refractivity contribution in [1.82, 2.24) is 0 Å². The first-order chi connectivity index (χ1) is 10.3. The third-order valence-corrected chi connectivity index (χ3v) is 4.54. The van der Waals surface area contributed by atoms with Crippen molar-refractivity contribution in [3.05, 3.63) is 83.4 Å². The molecule has 1 aliphatic heterocycles. The Labute approximate surface area is 127 Å². The van der Waals surface area contributed by atoms with E-state index in [0.29, 0.717) is 12.2 Å². The molecule has 2 aromatic rings. The maximum absolute atomic E-state index is 5.58. The Morgan fingerprint density at radius 2 is 1.71 bits per heavy atom. The lowest BCUT2D eigenvalue weighted by molar-refractivity contribution is 0.407. The molecule has 0 N–H and O–H groups in total. The van der Waals surface area contributed by atoms with Crippen molar-refractivity contribution in [2.24, 2.45) is 0 Å². The van der Waals surface area contributed by atoms with Gasteiger partial charge < -0.3 is 4.74 Å². The van der Waals surface area contributed by atoms with Gasteiger partial charge in [0.1, 0.15) is 12.2 Å². The second-order valence-corrected chi connectivity index (χ2v) is 6.23. The molecule has 2 aromatic carbocycles. The van der Waals surface area contributed by atoms with Crippen LogP contribution in [-0.2, 0) is 11.2 Å². The molecule has 1 heterocycles. The van der Waals surface area contributed by atoms with Crippen LogP contribution in [0, 0.1) is 0 Å². The highest BCUT2D eigenvalue weighted by Gasteiger charge is 2.44. The summed E-state index contributed by atoms with van der Waals surface area (Å²) < 4.78 is 5.58. The molecule has 1 fully saturated rings. The second-order valence-electron chi connectivity index (χ2n) is 5.56. The zero-order valence-corrected chi connectivity index (χ0v) is 12.9. The van der Waals surface area contributed by atoms with Crippen LogP contribution in [0.4, 0.5) is 0 Å². The van der Waals surface area contributed by atoms with Crippen LogP contribution >= 0.6 is 9.24 Å². The zero-order chi connectivity index (χ0) is 14.2. The van der Waals surface area contributed by atoms with E-state index in [9.17, 15) is 0 Å². The molecule has 1 saturated heterocycles. The van der Waals surface area contributed by atoms with Gasteiger partial charge in [0, 0.05) is 0 Å².